The molecule has 4 nitrogen and oxygen atoms in total. The van der Waals surface area contributed by atoms with Crippen LogP contribution in [-0.2, 0) is 4.79 Å². The molecule has 2 aliphatic heterocycles. The second kappa shape index (κ2) is 7.66. The van der Waals surface area contributed by atoms with Crippen molar-refractivity contribution in [1.29, 1.82) is 0 Å². The highest BCUT2D eigenvalue weighted by molar-refractivity contribution is 5.86. The molecule has 0 radical (unpaired) electrons. The summed E-state index contributed by atoms with van der Waals surface area (Å²) in [6.45, 7) is 7.33. The second-order valence-corrected chi connectivity index (χ2v) is 7.50. The van der Waals surface area contributed by atoms with Gasteiger partial charge in [-0.15, -0.1) is 0 Å². The van der Waals surface area contributed by atoms with E-state index in [1.807, 2.05) is 0 Å². The van der Waals surface area contributed by atoms with Crippen LogP contribution >= 0.6 is 0 Å². The molecule has 0 aliphatic carbocycles. The molecule has 1 amide bonds. The summed E-state index contributed by atoms with van der Waals surface area (Å²) in [5.74, 6) is 0.839. The molecule has 2 saturated heterocycles. The van der Waals surface area contributed by atoms with Crippen molar-refractivity contribution in [3.8, 4) is 0 Å². The van der Waals surface area contributed by atoms with E-state index in [0.717, 1.165) is 52.0 Å². The van der Waals surface area contributed by atoms with Gasteiger partial charge in [-0.1, -0.05) is 37.3 Å². The van der Waals surface area contributed by atoms with Crippen LogP contribution in [0.5, 0.6) is 0 Å². The summed E-state index contributed by atoms with van der Waals surface area (Å²) in [5.41, 5.74) is 1.16. The molecular weight excluding hydrogens is 298 g/mol. The van der Waals surface area contributed by atoms with Crippen molar-refractivity contribution >= 4 is 5.91 Å². The molecule has 24 heavy (non-hydrogen) atoms. The summed E-state index contributed by atoms with van der Waals surface area (Å²) in [5, 5.41) is 3.12. The molecule has 1 atom stereocenters. The lowest BCUT2D eigenvalue weighted by Gasteiger charge is -2.45. The van der Waals surface area contributed by atoms with Gasteiger partial charge in [0.25, 0.3) is 0 Å². The van der Waals surface area contributed by atoms with Crippen LogP contribution in [0.25, 0.3) is 0 Å². The average Bonchev–Trinajstić information content (AvgIpc) is 2.76. The van der Waals surface area contributed by atoms with E-state index in [1.54, 1.807) is 0 Å². The van der Waals surface area contributed by atoms with Crippen molar-refractivity contribution < 1.29 is 4.79 Å². The molecule has 1 spiro atoms. The Bertz CT molecular complexity index is 537. The van der Waals surface area contributed by atoms with Gasteiger partial charge in [0, 0.05) is 26.2 Å². The Morgan fingerprint density at radius 3 is 2.58 bits per heavy atom. The molecule has 4 heteroatoms. The lowest BCUT2D eigenvalue weighted by atomic mass is 9.84. The maximum absolute atomic E-state index is 12.6. The second-order valence-electron chi connectivity index (χ2n) is 7.50. The fourth-order valence-corrected chi connectivity index (χ4v) is 4.15. The average molecular weight is 329 g/mol. The van der Waals surface area contributed by atoms with E-state index in [1.165, 1.54) is 12.0 Å². The van der Waals surface area contributed by atoms with Crippen molar-refractivity contribution in [3.63, 3.8) is 0 Å². The Morgan fingerprint density at radius 2 is 1.88 bits per heavy atom. The van der Waals surface area contributed by atoms with E-state index in [4.69, 9.17) is 0 Å². The van der Waals surface area contributed by atoms with Gasteiger partial charge < -0.3 is 10.2 Å². The highest BCUT2D eigenvalue weighted by Crippen LogP contribution is 2.30. The van der Waals surface area contributed by atoms with Gasteiger partial charge in [0.1, 0.15) is 5.54 Å². The third-order valence-electron chi connectivity index (χ3n) is 6.04. The van der Waals surface area contributed by atoms with E-state index in [9.17, 15) is 4.79 Å². The SMILES string of the molecule is CC(CCN1CCC2(CC1)C(=O)NCCCN2C)c1ccccc1. The molecular formula is C20H31N3O. The molecule has 1 aromatic rings. The molecule has 132 valence electrons. The van der Waals surface area contributed by atoms with E-state index < -0.39 is 0 Å². The van der Waals surface area contributed by atoms with Crippen molar-refractivity contribution in [1.82, 2.24) is 15.1 Å². The largest absolute Gasteiger partial charge is 0.354 e. The fraction of sp³-hybridized carbons (Fsp3) is 0.650. The normalized spacial score (nSPS) is 23.7. The number of benzene rings is 1. The summed E-state index contributed by atoms with van der Waals surface area (Å²) in [4.78, 5) is 17.4. The van der Waals surface area contributed by atoms with Crippen molar-refractivity contribution in [2.24, 2.45) is 0 Å². The van der Waals surface area contributed by atoms with Crippen molar-refractivity contribution in [2.75, 3.05) is 39.8 Å². The van der Waals surface area contributed by atoms with Crippen LogP contribution in [0.3, 0.4) is 0 Å². The van der Waals surface area contributed by atoms with Crippen LogP contribution in [0.4, 0.5) is 0 Å². The molecule has 2 fully saturated rings. The van der Waals surface area contributed by atoms with Crippen LogP contribution in [0.1, 0.15) is 44.1 Å². The molecule has 0 aromatic heterocycles. The zero-order chi connectivity index (χ0) is 17.0. The molecule has 1 unspecified atom stereocenters. The Kier molecular flexibility index (Phi) is 5.57. The maximum Gasteiger partial charge on any atom is 0.240 e. The fourth-order valence-electron chi connectivity index (χ4n) is 4.15. The quantitative estimate of drug-likeness (QED) is 0.922. The van der Waals surface area contributed by atoms with Gasteiger partial charge in [0.2, 0.25) is 5.91 Å². The number of amides is 1. The van der Waals surface area contributed by atoms with E-state index in [2.05, 4.69) is 59.4 Å². The molecule has 3 rings (SSSR count). The van der Waals surface area contributed by atoms with Gasteiger partial charge in [-0.05, 0) is 50.8 Å². The number of hydrogen-bond donors (Lipinski definition) is 1. The summed E-state index contributed by atoms with van der Waals surface area (Å²) >= 11 is 0. The first kappa shape index (κ1) is 17.4. The molecule has 0 saturated carbocycles. The number of likely N-dealkylation sites (N-methyl/N-ethyl adjacent to an activating group) is 1. The molecule has 1 N–H and O–H groups in total. The number of carbonyl (C=O) groups excluding carboxylic acids is 1. The minimum Gasteiger partial charge on any atom is -0.354 e. The standard InChI is InChI=1S/C20H31N3O/c1-17(18-7-4-3-5-8-18)9-14-23-15-10-20(11-16-23)19(24)21-12-6-13-22(20)2/h3-5,7-8,17H,6,9-16H2,1-2H3,(H,21,24). The predicted octanol–water partition coefficient (Wildman–Crippen LogP) is 2.47. The molecule has 0 bridgehead atoms. The first-order chi connectivity index (χ1) is 11.6. The number of nitrogens with zero attached hydrogens (tertiary/aromatic N) is 2. The van der Waals surface area contributed by atoms with Crippen LogP contribution in [0, 0.1) is 0 Å². The summed E-state index contributed by atoms with van der Waals surface area (Å²) < 4.78 is 0. The highest BCUT2D eigenvalue weighted by Gasteiger charge is 2.45. The lowest BCUT2D eigenvalue weighted by Crippen LogP contribution is -2.60. The van der Waals surface area contributed by atoms with Crippen LogP contribution in [0.2, 0.25) is 0 Å². The zero-order valence-electron chi connectivity index (χ0n) is 15.1. The Balaban J connectivity index is 1.52. The van der Waals surface area contributed by atoms with Crippen LogP contribution in [-0.4, -0.2) is 61.0 Å². The minimum atomic E-state index is -0.266. The minimum absolute atomic E-state index is 0.250. The number of piperidine rings is 1. The smallest absolute Gasteiger partial charge is 0.240 e. The van der Waals surface area contributed by atoms with Gasteiger partial charge in [0.05, 0.1) is 0 Å². The zero-order valence-corrected chi connectivity index (χ0v) is 15.1. The predicted molar refractivity (Wildman–Crippen MR) is 98.1 cm³/mol. The monoisotopic (exact) mass is 329 g/mol. The van der Waals surface area contributed by atoms with Gasteiger partial charge >= 0.3 is 0 Å². The van der Waals surface area contributed by atoms with Crippen LogP contribution in [0.15, 0.2) is 30.3 Å². The van der Waals surface area contributed by atoms with Gasteiger partial charge in [-0.25, -0.2) is 0 Å². The Morgan fingerprint density at radius 1 is 1.17 bits per heavy atom. The van der Waals surface area contributed by atoms with Gasteiger partial charge in [-0.3, -0.25) is 9.69 Å². The first-order valence-electron chi connectivity index (χ1n) is 9.39. The number of likely N-dealkylation sites (tertiary alicyclic amines) is 1. The molecule has 1 aromatic carbocycles. The summed E-state index contributed by atoms with van der Waals surface area (Å²) in [7, 11) is 2.12. The molecule has 2 aliphatic rings. The van der Waals surface area contributed by atoms with E-state index >= 15 is 0 Å². The highest BCUT2D eigenvalue weighted by atomic mass is 16.2. The van der Waals surface area contributed by atoms with E-state index in [0.29, 0.717) is 5.92 Å². The number of rotatable bonds is 4. The lowest BCUT2D eigenvalue weighted by molar-refractivity contribution is -0.134. The first-order valence-corrected chi connectivity index (χ1v) is 9.39. The maximum atomic E-state index is 12.6. The Hall–Kier alpha value is -1.39. The van der Waals surface area contributed by atoms with Crippen molar-refractivity contribution in [2.45, 2.75) is 44.1 Å². The number of nitrogens with one attached hydrogen (secondary N) is 1. The Labute approximate surface area is 146 Å². The summed E-state index contributed by atoms with van der Waals surface area (Å²) in [6.07, 6.45) is 4.14. The third kappa shape index (κ3) is 3.65. The number of hydrogen-bond acceptors (Lipinski definition) is 3. The van der Waals surface area contributed by atoms with E-state index in [-0.39, 0.29) is 11.4 Å². The topological polar surface area (TPSA) is 35.6 Å². The van der Waals surface area contributed by atoms with Crippen molar-refractivity contribution in [3.05, 3.63) is 35.9 Å². The van der Waals surface area contributed by atoms with Gasteiger partial charge in [0.15, 0.2) is 0 Å². The van der Waals surface area contributed by atoms with Gasteiger partial charge in [-0.2, -0.15) is 0 Å². The van der Waals surface area contributed by atoms with Crippen LogP contribution < -0.4 is 5.32 Å². The number of carbonyl (C=O) groups is 1. The third-order valence-corrected chi connectivity index (χ3v) is 6.04. The molecule has 2 heterocycles. The summed E-state index contributed by atoms with van der Waals surface area (Å²) in [6, 6.07) is 10.8.